The van der Waals surface area contributed by atoms with Crippen molar-refractivity contribution in [3.05, 3.63) is 30.3 Å². The topological polar surface area (TPSA) is 142 Å². The van der Waals surface area contributed by atoms with Gasteiger partial charge in [-0.05, 0) is 37.2 Å². The van der Waals surface area contributed by atoms with Crippen LogP contribution in [0.4, 0.5) is 5.69 Å². The highest BCUT2D eigenvalue weighted by atomic mass is 32.1. The van der Waals surface area contributed by atoms with Crippen LogP contribution in [0.2, 0.25) is 0 Å². The predicted molar refractivity (Wildman–Crippen MR) is 89.7 cm³/mol. The fourth-order valence-corrected chi connectivity index (χ4v) is 2.54. The number of amides is 2. The third kappa shape index (κ3) is 4.48. The second-order valence-electron chi connectivity index (χ2n) is 5.32. The van der Waals surface area contributed by atoms with Gasteiger partial charge in [-0.1, -0.05) is 18.2 Å². The Balaban J connectivity index is 2.22. The Bertz CT molecular complexity index is 779. The van der Waals surface area contributed by atoms with Crippen LogP contribution in [-0.2, 0) is 19.2 Å². The fourth-order valence-electron chi connectivity index (χ4n) is 2.24. The van der Waals surface area contributed by atoms with E-state index in [0.717, 1.165) is 11.1 Å². The maximum atomic E-state index is 12.6. The second-order valence-corrected chi connectivity index (χ2v) is 5.71. The van der Waals surface area contributed by atoms with E-state index in [1.807, 2.05) is 0 Å². The van der Waals surface area contributed by atoms with Crippen LogP contribution >= 0.6 is 12.2 Å². The van der Waals surface area contributed by atoms with Crippen molar-refractivity contribution in [3.63, 3.8) is 0 Å². The van der Waals surface area contributed by atoms with Gasteiger partial charge >= 0.3 is 0 Å². The quantitative estimate of drug-likeness (QED) is 0.323. The molecule has 26 heavy (non-hydrogen) atoms. The number of carboxylic acids is 2. The minimum absolute atomic E-state index is 0.107. The predicted octanol–water partition coefficient (Wildman–Crippen LogP) is -2.23. The van der Waals surface area contributed by atoms with E-state index in [-0.39, 0.29) is 11.5 Å². The number of para-hydroxylation sites is 1. The summed E-state index contributed by atoms with van der Waals surface area (Å²) in [6.07, 6.45) is -0.0728. The summed E-state index contributed by atoms with van der Waals surface area (Å²) in [6.45, 7) is 0. The summed E-state index contributed by atoms with van der Waals surface area (Å²) in [5, 5.41) is 23.7. The number of rotatable bonds is 7. The third-order valence-electron chi connectivity index (χ3n) is 3.53. The summed E-state index contributed by atoms with van der Waals surface area (Å²) < 4.78 is 0. The van der Waals surface area contributed by atoms with Gasteiger partial charge in [-0.2, -0.15) is 0 Å². The molecule has 10 heteroatoms. The molecule has 1 heterocycles. The number of anilines is 1. The standard InChI is InChI=1S/C16H15N3O6S/c20-12(21)7-6-11(15(24)25)17-8-10-13(22)18-16(26)19(14(10)23)9-4-2-1-3-5-9/h1-5,8,10-11H,6-7H2,(H,20,21)(H,24,25)(H,18,22,26)/p-2/t10-,11+/m1/s1. The lowest BCUT2D eigenvalue weighted by atomic mass is 10.1. The molecule has 0 bridgehead atoms. The van der Waals surface area contributed by atoms with E-state index in [9.17, 15) is 29.4 Å². The van der Waals surface area contributed by atoms with Crippen LogP contribution in [0.3, 0.4) is 0 Å². The third-order valence-corrected chi connectivity index (χ3v) is 3.81. The number of carboxylic acid groups (broad SMARTS) is 2. The number of benzene rings is 1. The molecule has 0 radical (unpaired) electrons. The Labute approximate surface area is 153 Å². The highest BCUT2D eigenvalue weighted by molar-refractivity contribution is 7.80. The maximum Gasteiger partial charge on any atom is 0.251 e. The molecule has 1 saturated heterocycles. The van der Waals surface area contributed by atoms with Crippen LogP contribution < -0.4 is 20.4 Å². The van der Waals surface area contributed by atoms with Gasteiger partial charge in [0.25, 0.3) is 5.91 Å². The van der Waals surface area contributed by atoms with Crippen LogP contribution in [-0.4, -0.2) is 41.1 Å². The molecule has 0 spiro atoms. The first kappa shape index (κ1) is 19.2. The summed E-state index contributed by atoms with van der Waals surface area (Å²) in [5.74, 6) is -5.94. The van der Waals surface area contributed by atoms with Gasteiger partial charge in [0, 0.05) is 12.2 Å². The minimum atomic E-state index is -1.62. The monoisotopic (exact) mass is 375 g/mol. The molecule has 1 aromatic carbocycles. The lowest BCUT2D eigenvalue weighted by Gasteiger charge is -2.31. The largest absolute Gasteiger partial charge is 0.550 e. The van der Waals surface area contributed by atoms with Crippen LogP contribution in [0.5, 0.6) is 0 Å². The van der Waals surface area contributed by atoms with Gasteiger partial charge in [-0.3, -0.25) is 19.5 Å². The van der Waals surface area contributed by atoms with Crippen molar-refractivity contribution in [1.82, 2.24) is 5.32 Å². The van der Waals surface area contributed by atoms with E-state index in [1.165, 1.54) is 0 Å². The summed E-state index contributed by atoms with van der Waals surface area (Å²) in [5.41, 5.74) is 0.425. The van der Waals surface area contributed by atoms with E-state index < -0.39 is 42.1 Å². The van der Waals surface area contributed by atoms with Gasteiger partial charge in [0.05, 0.1) is 17.7 Å². The molecule has 0 saturated carbocycles. The van der Waals surface area contributed by atoms with Crippen molar-refractivity contribution in [2.24, 2.45) is 10.9 Å². The fraction of sp³-hybridized carbons (Fsp3) is 0.250. The number of carbonyl (C=O) groups is 4. The molecule has 0 aromatic heterocycles. The Kier molecular flexibility index (Phi) is 6.12. The lowest BCUT2D eigenvalue weighted by molar-refractivity contribution is -0.309. The molecular weight excluding hydrogens is 362 g/mol. The summed E-state index contributed by atoms with van der Waals surface area (Å²) in [7, 11) is 0. The van der Waals surface area contributed by atoms with E-state index >= 15 is 0 Å². The van der Waals surface area contributed by atoms with Gasteiger partial charge in [-0.15, -0.1) is 0 Å². The number of thiocarbonyl (C=S) groups is 1. The second kappa shape index (κ2) is 8.30. The highest BCUT2D eigenvalue weighted by Gasteiger charge is 2.38. The molecule has 1 aromatic rings. The number of hydrogen-bond donors (Lipinski definition) is 1. The smallest absolute Gasteiger partial charge is 0.251 e. The van der Waals surface area contributed by atoms with Crippen molar-refractivity contribution >= 4 is 53.0 Å². The first-order chi connectivity index (χ1) is 12.3. The summed E-state index contributed by atoms with van der Waals surface area (Å²) in [6, 6.07) is 6.79. The number of hydrogen-bond acceptors (Lipinski definition) is 8. The lowest BCUT2D eigenvalue weighted by Crippen LogP contribution is -2.58. The van der Waals surface area contributed by atoms with Gasteiger partial charge < -0.3 is 25.1 Å². The van der Waals surface area contributed by atoms with Crippen molar-refractivity contribution in [1.29, 1.82) is 0 Å². The Hall–Kier alpha value is -3.14. The van der Waals surface area contributed by atoms with Gasteiger partial charge in [0.1, 0.15) is 0 Å². The molecule has 1 N–H and O–H groups in total. The van der Waals surface area contributed by atoms with Crippen molar-refractivity contribution in [2.45, 2.75) is 18.9 Å². The molecule has 2 amide bonds. The Morgan fingerprint density at radius 3 is 2.50 bits per heavy atom. The van der Waals surface area contributed by atoms with E-state index in [4.69, 9.17) is 12.2 Å². The molecule has 0 unspecified atom stereocenters. The number of nitrogens with zero attached hydrogens (tertiary/aromatic N) is 2. The molecular formula is C16H13N3O6S-2. The van der Waals surface area contributed by atoms with Crippen molar-refractivity contribution < 1.29 is 29.4 Å². The average molecular weight is 375 g/mol. The van der Waals surface area contributed by atoms with E-state index in [0.29, 0.717) is 5.69 Å². The van der Waals surface area contributed by atoms with E-state index in [2.05, 4.69) is 10.3 Å². The van der Waals surface area contributed by atoms with Crippen LogP contribution in [0.1, 0.15) is 12.8 Å². The van der Waals surface area contributed by atoms with Gasteiger partial charge in [0.2, 0.25) is 5.91 Å². The summed E-state index contributed by atoms with van der Waals surface area (Å²) in [4.78, 5) is 50.9. The van der Waals surface area contributed by atoms with Crippen LogP contribution in [0.25, 0.3) is 0 Å². The Morgan fingerprint density at radius 1 is 1.27 bits per heavy atom. The first-order valence-electron chi connectivity index (χ1n) is 7.49. The number of aliphatic carboxylic acids is 2. The van der Waals surface area contributed by atoms with Crippen molar-refractivity contribution in [3.8, 4) is 0 Å². The minimum Gasteiger partial charge on any atom is -0.550 e. The number of nitrogens with one attached hydrogen (secondary N) is 1. The Morgan fingerprint density at radius 2 is 1.92 bits per heavy atom. The normalized spacial score (nSPS) is 18.7. The molecule has 1 aliphatic rings. The van der Waals surface area contributed by atoms with Gasteiger partial charge in [-0.25, -0.2) is 0 Å². The number of aliphatic imine (C=N–C) groups is 1. The average Bonchev–Trinajstić information content (AvgIpc) is 2.57. The van der Waals surface area contributed by atoms with Crippen LogP contribution in [0, 0.1) is 5.92 Å². The molecule has 136 valence electrons. The zero-order valence-corrected chi connectivity index (χ0v) is 14.1. The molecule has 1 aliphatic heterocycles. The zero-order valence-electron chi connectivity index (χ0n) is 13.3. The summed E-state index contributed by atoms with van der Waals surface area (Å²) >= 11 is 5.02. The zero-order chi connectivity index (χ0) is 19.3. The molecule has 0 aliphatic carbocycles. The molecule has 2 atom stereocenters. The SMILES string of the molecule is O=C([O-])CC[C@H](N=C[C@@H]1C(=O)NC(=S)N(c2ccccc2)C1=O)C(=O)[O-]. The first-order valence-corrected chi connectivity index (χ1v) is 7.90. The molecule has 1 fully saturated rings. The number of carbonyl (C=O) groups excluding carboxylic acids is 4. The van der Waals surface area contributed by atoms with Crippen LogP contribution in [0.15, 0.2) is 35.3 Å². The van der Waals surface area contributed by atoms with Gasteiger partial charge in [0.15, 0.2) is 11.0 Å². The maximum absolute atomic E-state index is 12.6. The highest BCUT2D eigenvalue weighted by Crippen LogP contribution is 2.20. The van der Waals surface area contributed by atoms with Crippen molar-refractivity contribution in [2.75, 3.05) is 4.90 Å². The molecule has 9 nitrogen and oxygen atoms in total. The molecule has 2 rings (SSSR count). The van der Waals surface area contributed by atoms with E-state index in [1.54, 1.807) is 30.3 Å².